The molecule has 0 N–H and O–H groups in total. The number of halogens is 3. The van der Waals surface area contributed by atoms with Gasteiger partial charge in [0.05, 0.1) is 12.0 Å². The molecule has 2 heterocycles. The monoisotopic (exact) mass is 407 g/mol. The van der Waals surface area contributed by atoms with Gasteiger partial charge < -0.3 is 14.7 Å². The zero-order valence-electron chi connectivity index (χ0n) is 16.7. The molecule has 1 aliphatic heterocycles. The molecule has 0 unspecified atom stereocenters. The molecule has 1 aromatic carbocycles. The average Bonchev–Trinajstić information content (AvgIpc) is 2.67. The topological polar surface area (TPSA) is 52.6 Å². The summed E-state index contributed by atoms with van der Waals surface area (Å²) in [5, 5.41) is 0. The summed E-state index contributed by atoms with van der Waals surface area (Å²) in [5.41, 5.74) is 0.736. The summed E-state index contributed by atoms with van der Waals surface area (Å²) < 4.78 is 38.0. The van der Waals surface area contributed by atoms with Crippen LogP contribution in [0.3, 0.4) is 0 Å². The van der Waals surface area contributed by atoms with Crippen molar-refractivity contribution in [1.82, 2.24) is 14.9 Å². The van der Waals surface area contributed by atoms with Gasteiger partial charge in [0, 0.05) is 52.0 Å². The van der Waals surface area contributed by atoms with E-state index in [0.717, 1.165) is 23.6 Å². The van der Waals surface area contributed by atoms with E-state index >= 15 is 0 Å². The number of hydrogen-bond donors (Lipinski definition) is 0. The van der Waals surface area contributed by atoms with Crippen LogP contribution in [-0.2, 0) is 17.4 Å². The average molecular weight is 407 g/mol. The Morgan fingerprint density at radius 3 is 2.24 bits per heavy atom. The third kappa shape index (κ3) is 5.16. The van der Waals surface area contributed by atoms with Gasteiger partial charge >= 0.3 is 6.18 Å². The molecule has 0 atom stereocenters. The molecule has 1 fully saturated rings. The fraction of sp³-hybridized carbons (Fsp3) is 0.450. The fourth-order valence-electron chi connectivity index (χ4n) is 3.16. The first-order valence-electron chi connectivity index (χ1n) is 9.35. The van der Waals surface area contributed by atoms with Crippen LogP contribution in [0.2, 0.25) is 0 Å². The number of benzene rings is 1. The highest BCUT2D eigenvalue weighted by Gasteiger charge is 2.30. The lowest BCUT2D eigenvalue weighted by Crippen LogP contribution is -2.49. The van der Waals surface area contributed by atoms with Crippen LogP contribution >= 0.6 is 0 Å². The third-order valence-corrected chi connectivity index (χ3v) is 4.84. The van der Waals surface area contributed by atoms with E-state index in [1.165, 1.54) is 12.1 Å². The number of nitrogens with zero attached hydrogens (tertiary/aromatic N) is 5. The van der Waals surface area contributed by atoms with Gasteiger partial charge in [-0.1, -0.05) is 12.1 Å². The number of aryl methyl sites for hydroxylation is 1. The molecule has 1 aromatic heterocycles. The molecule has 29 heavy (non-hydrogen) atoms. The van der Waals surface area contributed by atoms with Crippen molar-refractivity contribution in [2.45, 2.75) is 19.5 Å². The van der Waals surface area contributed by atoms with Crippen molar-refractivity contribution in [2.24, 2.45) is 0 Å². The van der Waals surface area contributed by atoms with Crippen LogP contribution < -0.4 is 9.80 Å². The number of anilines is 2. The first-order valence-corrected chi connectivity index (χ1v) is 9.35. The summed E-state index contributed by atoms with van der Waals surface area (Å²) in [7, 11) is 3.84. The second kappa shape index (κ2) is 8.26. The zero-order chi connectivity index (χ0) is 21.2. The maximum atomic E-state index is 12.7. The lowest BCUT2D eigenvalue weighted by atomic mass is 10.1. The summed E-state index contributed by atoms with van der Waals surface area (Å²) >= 11 is 0. The summed E-state index contributed by atoms with van der Waals surface area (Å²) in [4.78, 5) is 27.3. The first kappa shape index (κ1) is 20.9. The van der Waals surface area contributed by atoms with Crippen molar-refractivity contribution in [2.75, 3.05) is 50.1 Å². The van der Waals surface area contributed by atoms with Crippen LogP contribution in [-0.4, -0.2) is 61.0 Å². The second-order valence-corrected chi connectivity index (χ2v) is 7.30. The summed E-state index contributed by atoms with van der Waals surface area (Å²) in [6, 6.07) is 6.66. The number of hydrogen-bond acceptors (Lipinski definition) is 5. The Morgan fingerprint density at radius 1 is 1.07 bits per heavy atom. The van der Waals surface area contributed by atoms with Gasteiger partial charge in [0.15, 0.2) is 0 Å². The Labute approximate surface area is 168 Å². The van der Waals surface area contributed by atoms with Crippen LogP contribution in [0.5, 0.6) is 0 Å². The highest BCUT2D eigenvalue weighted by molar-refractivity contribution is 5.79. The predicted octanol–water partition coefficient (Wildman–Crippen LogP) is 2.76. The van der Waals surface area contributed by atoms with Crippen LogP contribution in [0.1, 0.15) is 16.8 Å². The molecular weight excluding hydrogens is 383 g/mol. The van der Waals surface area contributed by atoms with E-state index in [9.17, 15) is 18.0 Å². The highest BCUT2D eigenvalue weighted by atomic mass is 19.4. The van der Waals surface area contributed by atoms with E-state index in [1.807, 2.05) is 36.9 Å². The Bertz CT molecular complexity index is 859. The van der Waals surface area contributed by atoms with E-state index < -0.39 is 11.7 Å². The molecule has 6 nitrogen and oxygen atoms in total. The minimum atomic E-state index is -4.37. The van der Waals surface area contributed by atoms with E-state index in [0.29, 0.717) is 37.7 Å². The molecule has 0 aliphatic carbocycles. The van der Waals surface area contributed by atoms with Crippen molar-refractivity contribution in [3.05, 3.63) is 47.2 Å². The maximum absolute atomic E-state index is 12.7. The number of alkyl halides is 3. The van der Waals surface area contributed by atoms with E-state index in [2.05, 4.69) is 9.97 Å². The molecular formula is C20H24F3N5O. The second-order valence-electron chi connectivity index (χ2n) is 7.30. The van der Waals surface area contributed by atoms with Gasteiger partial charge in [0.25, 0.3) is 0 Å². The molecule has 156 valence electrons. The zero-order valence-corrected chi connectivity index (χ0v) is 16.7. The van der Waals surface area contributed by atoms with Crippen LogP contribution in [0.4, 0.5) is 24.9 Å². The smallest absolute Gasteiger partial charge is 0.363 e. The van der Waals surface area contributed by atoms with E-state index in [-0.39, 0.29) is 12.3 Å². The fourth-order valence-corrected chi connectivity index (χ4v) is 3.16. The van der Waals surface area contributed by atoms with Gasteiger partial charge in [0.2, 0.25) is 11.9 Å². The van der Waals surface area contributed by atoms with Crippen molar-refractivity contribution in [1.29, 1.82) is 0 Å². The molecule has 0 saturated carbocycles. The van der Waals surface area contributed by atoms with Crippen molar-refractivity contribution < 1.29 is 18.0 Å². The number of piperazine rings is 1. The lowest BCUT2D eigenvalue weighted by molar-refractivity contribution is -0.137. The largest absolute Gasteiger partial charge is 0.416 e. The molecule has 0 bridgehead atoms. The van der Waals surface area contributed by atoms with Crippen molar-refractivity contribution in [3.8, 4) is 0 Å². The molecule has 1 amide bonds. The number of amides is 1. The Kier molecular flexibility index (Phi) is 5.95. The van der Waals surface area contributed by atoms with Crippen molar-refractivity contribution >= 4 is 17.7 Å². The SMILES string of the molecule is Cc1cc(N(C)C)nc(N2CCN(C(=O)Cc3ccc(C(F)(F)F)cc3)CC2)n1. The van der Waals surface area contributed by atoms with Gasteiger partial charge in [-0.05, 0) is 24.6 Å². The standard InChI is InChI=1S/C20H24F3N5O/c1-14-12-17(26(2)3)25-19(24-14)28-10-8-27(9-11-28)18(29)13-15-4-6-16(7-5-15)20(21,22)23/h4-7,12H,8-11,13H2,1-3H3. The third-order valence-electron chi connectivity index (χ3n) is 4.84. The molecule has 3 rings (SSSR count). The van der Waals surface area contributed by atoms with Crippen molar-refractivity contribution in [3.63, 3.8) is 0 Å². The summed E-state index contributed by atoms with van der Waals surface area (Å²) in [6.45, 7) is 4.17. The Hall–Kier alpha value is -2.84. The molecule has 9 heteroatoms. The van der Waals surface area contributed by atoms with Crippen LogP contribution in [0.15, 0.2) is 30.3 Å². The number of carbonyl (C=O) groups excluding carboxylic acids is 1. The highest BCUT2D eigenvalue weighted by Crippen LogP contribution is 2.29. The van der Waals surface area contributed by atoms with Gasteiger partial charge in [-0.3, -0.25) is 4.79 Å². The van der Waals surface area contributed by atoms with Gasteiger partial charge in [-0.2, -0.15) is 18.2 Å². The lowest BCUT2D eigenvalue weighted by Gasteiger charge is -2.35. The van der Waals surface area contributed by atoms with Gasteiger partial charge in [-0.15, -0.1) is 0 Å². The molecule has 1 aliphatic rings. The Morgan fingerprint density at radius 2 is 1.69 bits per heavy atom. The molecule has 0 spiro atoms. The van der Waals surface area contributed by atoms with E-state index in [1.54, 1.807) is 4.90 Å². The minimum Gasteiger partial charge on any atom is -0.363 e. The number of carbonyl (C=O) groups is 1. The maximum Gasteiger partial charge on any atom is 0.416 e. The van der Waals surface area contributed by atoms with E-state index in [4.69, 9.17) is 0 Å². The van der Waals surface area contributed by atoms with Gasteiger partial charge in [-0.25, -0.2) is 4.98 Å². The predicted molar refractivity (Wildman–Crippen MR) is 105 cm³/mol. The number of rotatable bonds is 4. The summed E-state index contributed by atoms with van der Waals surface area (Å²) in [6.07, 6.45) is -4.28. The first-order chi connectivity index (χ1) is 13.6. The van der Waals surface area contributed by atoms with Crippen LogP contribution in [0.25, 0.3) is 0 Å². The molecule has 2 aromatic rings. The molecule has 1 saturated heterocycles. The minimum absolute atomic E-state index is 0.0872. The normalized spacial score (nSPS) is 14.8. The Balaban J connectivity index is 1.58. The number of aromatic nitrogens is 2. The van der Waals surface area contributed by atoms with Gasteiger partial charge in [0.1, 0.15) is 5.82 Å². The molecule has 0 radical (unpaired) electrons. The van der Waals surface area contributed by atoms with Crippen LogP contribution in [0, 0.1) is 6.92 Å². The quantitative estimate of drug-likeness (QED) is 0.780. The summed E-state index contributed by atoms with van der Waals surface area (Å²) in [5.74, 6) is 1.38.